The first-order chi connectivity index (χ1) is 9.66. The Morgan fingerprint density at radius 3 is 2.55 bits per heavy atom. The number of carbonyl (C=O) groups is 1. The number of carbonyl (C=O) groups excluding carboxylic acids is 1. The minimum Gasteiger partial charge on any atom is -0.490 e. The summed E-state index contributed by atoms with van der Waals surface area (Å²) in [4.78, 5) is 11.8. The lowest BCUT2D eigenvalue weighted by molar-refractivity contribution is 0.0450. The molecule has 0 aromatic heterocycles. The van der Waals surface area contributed by atoms with Crippen LogP contribution in [0.3, 0.4) is 0 Å². The third kappa shape index (κ3) is 3.99. The van der Waals surface area contributed by atoms with E-state index in [2.05, 4.69) is 12.6 Å². The standard InChI is InChI=1S/C15H13FO3S/c16-13-7-6-11(10-14(13)20)15(17)19-9-8-18-12-4-2-1-3-5-12/h1-7,10,20H,8-9H2. The van der Waals surface area contributed by atoms with E-state index in [-0.39, 0.29) is 23.7 Å². The molecule has 0 aliphatic carbocycles. The van der Waals surface area contributed by atoms with E-state index >= 15 is 0 Å². The van der Waals surface area contributed by atoms with E-state index in [0.29, 0.717) is 5.75 Å². The fraction of sp³-hybridized carbons (Fsp3) is 0.133. The van der Waals surface area contributed by atoms with E-state index in [9.17, 15) is 9.18 Å². The monoisotopic (exact) mass is 292 g/mol. The van der Waals surface area contributed by atoms with E-state index in [1.165, 1.54) is 18.2 Å². The number of halogens is 1. The van der Waals surface area contributed by atoms with Crippen LogP contribution in [0.25, 0.3) is 0 Å². The Labute approximate surface area is 121 Å². The highest BCUT2D eigenvalue weighted by molar-refractivity contribution is 7.80. The Kier molecular flexibility index (Phi) is 5.01. The molecule has 0 spiro atoms. The molecule has 2 rings (SSSR count). The van der Waals surface area contributed by atoms with Crippen molar-refractivity contribution >= 4 is 18.6 Å². The molecule has 0 saturated carbocycles. The van der Waals surface area contributed by atoms with Crippen molar-refractivity contribution in [2.75, 3.05) is 13.2 Å². The van der Waals surface area contributed by atoms with Crippen LogP contribution in [0, 0.1) is 5.82 Å². The Hall–Kier alpha value is -2.01. The van der Waals surface area contributed by atoms with Crippen molar-refractivity contribution in [1.82, 2.24) is 0 Å². The third-order valence-electron chi connectivity index (χ3n) is 2.51. The Balaban J connectivity index is 1.79. The van der Waals surface area contributed by atoms with Gasteiger partial charge in [0.15, 0.2) is 0 Å². The van der Waals surface area contributed by atoms with Gasteiger partial charge in [0.25, 0.3) is 0 Å². The molecular weight excluding hydrogens is 279 g/mol. The van der Waals surface area contributed by atoms with Crippen molar-refractivity contribution in [1.29, 1.82) is 0 Å². The summed E-state index contributed by atoms with van der Waals surface area (Å²) in [5.41, 5.74) is 0.260. The van der Waals surface area contributed by atoms with E-state index in [0.717, 1.165) is 0 Å². The van der Waals surface area contributed by atoms with Gasteiger partial charge < -0.3 is 9.47 Å². The topological polar surface area (TPSA) is 35.5 Å². The lowest BCUT2D eigenvalue weighted by atomic mass is 10.2. The molecule has 3 nitrogen and oxygen atoms in total. The van der Waals surface area contributed by atoms with Gasteiger partial charge in [-0.2, -0.15) is 0 Å². The van der Waals surface area contributed by atoms with Gasteiger partial charge in [0.05, 0.1) is 5.56 Å². The van der Waals surface area contributed by atoms with Crippen LogP contribution in [0.2, 0.25) is 0 Å². The van der Waals surface area contributed by atoms with Gasteiger partial charge in [0.2, 0.25) is 0 Å². The van der Waals surface area contributed by atoms with Gasteiger partial charge >= 0.3 is 5.97 Å². The molecule has 0 atom stereocenters. The average molecular weight is 292 g/mol. The molecular formula is C15H13FO3S. The van der Waals surface area contributed by atoms with Crippen LogP contribution >= 0.6 is 12.6 Å². The number of thiol groups is 1. The van der Waals surface area contributed by atoms with Gasteiger partial charge in [0, 0.05) is 4.90 Å². The second-order valence-corrected chi connectivity index (χ2v) is 4.45. The zero-order chi connectivity index (χ0) is 14.4. The zero-order valence-corrected chi connectivity index (χ0v) is 11.5. The SMILES string of the molecule is O=C(OCCOc1ccccc1)c1ccc(F)c(S)c1. The van der Waals surface area contributed by atoms with Gasteiger partial charge in [-0.05, 0) is 30.3 Å². The molecule has 2 aromatic carbocycles. The second-order valence-electron chi connectivity index (χ2n) is 3.96. The number of hydrogen-bond donors (Lipinski definition) is 1. The quantitative estimate of drug-likeness (QED) is 0.521. The van der Waals surface area contributed by atoms with Crippen LogP contribution in [0.5, 0.6) is 5.75 Å². The van der Waals surface area contributed by atoms with Crippen molar-refractivity contribution in [3.63, 3.8) is 0 Å². The maximum atomic E-state index is 13.0. The molecule has 0 radical (unpaired) electrons. The van der Waals surface area contributed by atoms with Crippen LogP contribution in [-0.4, -0.2) is 19.2 Å². The summed E-state index contributed by atoms with van der Waals surface area (Å²) in [6, 6.07) is 13.1. The van der Waals surface area contributed by atoms with Gasteiger partial charge in [-0.25, -0.2) is 9.18 Å². The molecule has 0 amide bonds. The highest BCUT2D eigenvalue weighted by Crippen LogP contribution is 2.15. The number of ether oxygens (including phenoxy) is 2. The highest BCUT2D eigenvalue weighted by Gasteiger charge is 2.09. The van der Waals surface area contributed by atoms with E-state index in [1.807, 2.05) is 30.3 Å². The molecule has 0 unspecified atom stereocenters. The average Bonchev–Trinajstić information content (AvgIpc) is 2.47. The number of para-hydroxylation sites is 1. The first kappa shape index (κ1) is 14.4. The third-order valence-corrected chi connectivity index (χ3v) is 2.85. The molecule has 0 saturated heterocycles. The van der Waals surface area contributed by atoms with Gasteiger partial charge in [-0.3, -0.25) is 0 Å². The normalized spacial score (nSPS) is 10.1. The summed E-state index contributed by atoms with van der Waals surface area (Å²) in [5.74, 6) is -0.294. The predicted molar refractivity (Wildman–Crippen MR) is 75.9 cm³/mol. The Morgan fingerprint density at radius 2 is 1.85 bits per heavy atom. The number of benzene rings is 2. The molecule has 20 heavy (non-hydrogen) atoms. The van der Waals surface area contributed by atoms with Crippen LogP contribution in [0.15, 0.2) is 53.4 Å². The molecule has 0 aliphatic heterocycles. The smallest absolute Gasteiger partial charge is 0.338 e. The summed E-state index contributed by atoms with van der Waals surface area (Å²) in [5, 5.41) is 0. The lowest BCUT2D eigenvalue weighted by Gasteiger charge is -2.07. The van der Waals surface area contributed by atoms with Crippen molar-refractivity contribution in [3.05, 3.63) is 59.9 Å². The van der Waals surface area contributed by atoms with E-state index < -0.39 is 11.8 Å². The first-order valence-corrected chi connectivity index (χ1v) is 6.45. The molecule has 0 aliphatic rings. The maximum Gasteiger partial charge on any atom is 0.338 e. The Morgan fingerprint density at radius 1 is 1.10 bits per heavy atom. The van der Waals surface area contributed by atoms with Gasteiger partial charge in [-0.1, -0.05) is 18.2 Å². The summed E-state index contributed by atoms with van der Waals surface area (Å²) >= 11 is 3.91. The first-order valence-electron chi connectivity index (χ1n) is 6.00. The van der Waals surface area contributed by atoms with Gasteiger partial charge in [-0.15, -0.1) is 12.6 Å². The molecule has 0 heterocycles. The lowest BCUT2D eigenvalue weighted by Crippen LogP contribution is -2.12. The predicted octanol–water partition coefficient (Wildman–Crippen LogP) is 3.35. The minimum atomic E-state index is -0.531. The molecule has 5 heteroatoms. The summed E-state index contributed by atoms with van der Waals surface area (Å²) in [6.07, 6.45) is 0. The number of esters is 1. The minimum absolute atomic E-state index is 0.111. The van der Waals surface area contributed by atoms with Crippen LogP contribution < -0.4 is 4.74 Å². The summed E-state index contributed by atoms with van der Waals surface area (Å²) in [7, 11) is 0. The second kappa shape index (κ2) is 6.96. The summed E-state index contributed by atoms with van der Waals surface area (Å²) < 4.78 is 23.4. The highest BCUT2D eigenvalue weighted by atomic mass is 32.1. The zero-order valence-electron chi connectivity index (χ0n) is 10.6. The van der Waals surface area contributed by atoms with Crippen molar-refractivity contribution < 1.29 is 18.7 Å². The van der Waals surface area contributed by atoms with E-state index in [4.69, 9.17) is 9.47 Å². The van der Waals surface area contributed by atoms with E-state index in [1.54, 1.807) is 0 Å². The molecule has 0 fully saturated rings. The fourth-order valence-corrected chi connectivity index (χ4v) is 1.75. The van der Waals surface area contributed by atoms with Crippen LogP contribution in [0.1, 0.15) is 10.4 Å². The van der Waals surface area contributed by atoms with Crippen molar-refractivity contribution in [2.24, 2.45) is 0 Å². The summed E-state index contributed by atoms with van der Waals surface area (Å²) in [6.45, 7) is 0.373. The van der Waals surface area contributed by atoms with Gasteiger partial charge in [0.1, 0.15) is 24.8 Å². The Bertz CT molecular complexity index is 587. The molecule has 0 N–H and O–H groups in total. The molecule has 2 aromatic rings. The van der Waals surface area contributed by atoms with Crippen LogP contribution in [0.4, 0.5) is 4.39 Å². The van der Waals surface area contributed by atoms with Crippen molar-refractivity contribution in [2.45, 2.75) is 4.90 Å². The fourth-order valence-electron chi connectivity index (χ4n) is 1.53. The molecule has 0 bridgehead atoms. The number of hydrogen-bond acceptors (Lipinski definition) is 4. The maximum absolute atomic E-state index is 13.0. The largest absolute Gasteiger partial charge is 0.490 e. The van der Waals surface area contributed by atoms with Crippen molar-refractivity contribution in [3.8, 4) is 5.75 Å². The molecule has 104 valence electrons. The number of rotatable bonds is 5. The van der Waals surface area contributed by atoms with Crippen LogP contribution in [-0.2, 0) is 4.74 Å².